The standard InChI is InChI=1S/C22H37BO3.2C16H36N/c1-11-12-17(26-23(24)25)15-13-14-16(20(2,3)4)19(22(8,9)10)18(15)21(5,6)7;2*1-5-9-13-17(14-10-6-2,15-11-7-3)16-12-8-4/h13-14,17H,11-12H2,1-10H3;2*5-16H2,1-4H3/q-2;2*+1. The topological polar surface area (TPSA) is 55.3 Å². The highest BCUT2D eigenvalue weighted by Crippen LogP contribution is 2.45. The Labute approximate surface area is 379 Å². The highest BCUT2D eigenvalue weighted by atomic mass is 16.6. The summed E-state index contributed by atoms with van der Waals surface area (Å²) in [6, 6.07) is 4.25. The van der Waals surface area contributed by atoms with E-state index >= 15 is 0 Å². The minimum Gasteiger partial charge on any atom is -0.871 e. The molecule has 0 bridgehead atoms. The monoisotopic (exact) mass is 845 g/mol. The SMILES string of the molecule is CCCC(OB([O-])[O-])c1ccc(C(C)(C)C)c(C(C)(C)C)c1C(C)(C)C.CCCC[N+](CCCC)(CCCC)CCCC.CCCC[N+](CCCC)(CCCC)CCCC. The zero-order chi connectivity index (χ0) is 46.5. The van der Waals surface area contributed by atoms with Gasteiger partial charge in [-0.1, -0.05) is 195 Å². The molecule has 0 saturated carbocycles. The fraction of sp³-hybridized carbons (Fsp3) is 0.889. The van der Waals surface area contributed by atoms with E-state index in [0.29, 0.717) is 6.42 Å². The quantitative estimate of drug-likeness (QED) is 0.0596. The Morgan fingerprint density at radius 3 is 0.917 bits per heavy atom. The fourth-order valence-electron chi connectivity index (χ4n) is 9.08. The molecule has 0 aromatic heterocycles. The van der Waals surface area contributed by atoms with E-state index < -0.39 is 13.4 Å². The van der Waals surface area contributed by atoms with Crippen molar-refractivity contribution >= 4 is 7.32 Å². The molecule has 0 fully saturated rings. The number of hydrogen-bond donors (Lipinski definition) is 0. The first-order valence-electron chi connectivity index (χ1n) is 25.9. The third-order valence-corrected chi connectivity index (χ3v) is 12.6. The first-order valence-corrected chi connectivity index (χ1v) is 25.9. The summed E-state index contributed by atoms with van der Waals surface area (Å²) in [4.78, 5) is 0. The van der Waals surface area contributed by atoms with Crippen LogP contribution in [-0.2, 0) is 20.9 Å². The number of rotatable bonds is 29. The molecular weight excluding hydrogens is 735 g/mol. The molecule has 1 unspecified atom stereocenters. The highest BCUT2D eigenvalue weighted by molar-refractivity contribution is 6.28. The van der Waals surface area contributed by atoms with Crippen LogP contribution in [0, 0.1) is 0 Å². The smallest absolute Gasteiger partial charge is 0.0786 e. The van der Waals surface area contributed by atoms with Crippen molar-refractivity contribution in [2.75, 3.05) is 52.4 Å². The zero-order valence-corrected chi connectivity index (χ0v) is 44.3. The van der Waals surface area contributed by atoms with Crippen LogP contribution in [0.3, 0.4) is 0 Å². The van der Waals surface area contributed by atoms with Gasteiger partial charge in [-0.2, -0.15) is 0 Å². The predicted octanol–water partition coefficient (Wildman–Crippen LogP) is 14.1. The van der Waals surface area contributed by atoms with Gasteiger partial charge in [-0.15, -0.1) is 0 Å². The van der Waals surface area contributed by atoms with Crippen LogP contribution in [0.2, 0.25) is 0 Å². The van der Waals surface area contributed by atoms with E-state index in [0.717, 1.165) is 12.0 Å². The lowest BCUT2D eigenvalue weighted by Gasteiger charge is -2.41. The van der Waals surface area contributed by atoms with Gasteiger partial charge in [0.2, 0.25) is 0 Å². The summed E-state index contributed by atoms with van der Waals surface area (Å²) in [5, 5.41) is 22.6. The molecule has 60 heavy (non-hydrogen) atoms. The molecule has 6 heteroatoms. The molecule has 0 aliphatic rings. The van der Waals surface area contributed by atoms with Gasteiger partial charge in [0, 0.05) is 0 Å². The maximum Gasteiger partial charge on any atom is 0.0786 e. The summed E-state index contributed by atoms with van der Waals surface area (Å²) in [5.41, 5.74) is 4.65. The van der Waals surface area contributed by atoms with Crippen molar-refractivity contribution in [1.29, 1.82) is 0 Å². The van der Waals surface area contributed by atoms with Crippen molar-refractivity contribution in [3.8, 4) is 0 Å². The van der Waals surface area contributed by atoms with Crippen LogP contribution in [0.15, 0.2) is 12.1 Å². The van der Waals surface area contributed by atoms with E-state index in [1.54, 1.807) is 0 Å². The molecule has 0 N–H and O–H groups in total. The number of benzene rings is 1. The van der Waals surface area contributed by atoms with E-state index in [9.17, 15) is 10.0 Å². The van der Waals surface area contributed by atoms with Gasteiger partial charge in [0.1, 0.15) is 0 Å². The van der Waals surface area contributed by atoms with Gasteiger partial charge in [0.05, 0.1) is 65.8 Å². The lowest BCUT2D eigenvalue weighted by atomic mass is 9.66. The Kier molecular flexibility index (Phi) is 33.3. The summed E-state index contributed by atoms with van der Waals surface area (Å²) in [5.74, 6) is 0. The summed E-state index contributed by atoms with van der Waals surface area (Å²) in [6.07, 6.45) is 23.2. The molecule has 1 rings (SSSR count). The van der Waals surface area contributed by atoms with Crippen LogP contribution >= 0.6 is 0 Å². The van der Waals surface area contributed by atoms with Crippen LogP contribution in [0.1, 0.15) is 269 Å². The molecule has 0 aliphatic carbocycles. The van der Waals surface area contributed by atoms with Gasteiger partial charge in [0.15, 0.2) is 0 Å². The molecule has 5 nitrogen and oxygen atoms in total. The fourth-order valence-corrected chi connectivity index (χ4v) is 9.08. The van der Waals surface area contributed by atoms with Crippen LogP contribution in [0.4, 0.5) is 0 Å². The largest absolute Gasteiger partial charge is 0.871 e. The lowest BCUT2D eigenvalue weighted by Crippen LogP contribution is -2.50. The number of hydrogen-bond acceptors (Lipinski definition) is 3. The third-order valence-electron chi connectivity index (χ3n) is 12.6. The average Bonchev–Trinajstić information content (AvgIpc) is 3.18. The second-order valence-electron chi connectivity index (χ2n) is 21.7. The summed E-state index contributed by atoms with van der Waals surface area (Å²) < 4.78 is 8.13. The van der Waals surface area contributed by atoms with E-state index in [4.69, 9.17) is 4.65 Å². The van der Waals surface area contributed by atoms with Crippen molar-refractivity contribution in [3.63, 3.8) is 0 Å². The molecule has 0 radical (unpaired) electrons. The zero-order valence-electron chi connectivity index (χ0n) is 44.3. The minimum absolute atomic E-state index is 0.00184. The van der Waals surface area contributed by atoms with Crippen molar-refractivity contribution in [3.05, 3.63) is 34.4 Å². The third kappa shape index (κ3) is 24.8. The number of unbranched alkanes of at least 4 members (excludes halogenated alkanes) is 8. The van der Waals surface area contributed by atoms with Crippen LogP contribution in [-0.4, -0.2) is 68.6 Å². The predicted molar refractivity (Wildman–Crippen MR) is 266 cm³/mol. The Morgan fingerprint density at radius 1 is 0.433 bits per heavy atom. The van der Waals surface area contributed by atoms with Crippen molar-refractivity contribution in [2.45, 2.75) is 263 Å². The summed E-state index contributed by atoms with van der Waals surface area (Å²) in [7, 11) is -2.26. The number of quaternary nitrogens is 2. The molecule has 356 valence electrons. The first kappa shape index (κ1) is 61.2. The van der Waals surface area contributed by atoms with Crippen LogP contribution in [0.25, 0.3) is 0 Å². The highest BCUT2D eigenvalue weighted by Gasteiger charge is 2.35. The molecule has 1 atom stereocenters. The van der Waals surface area contributed by atoms with E-state index in [1.165, 1.54) is 181 Å². The molecule has 0 saturated heterocycles. The van der Waals surface area contributed by atoms with E-state index in [-0.39, 0.29) is 16.2 Å². The second-order valence-corrected chi connectivity index (χ2v) is 21.7. The van der Waals surface area contributed by atoms with Crippen LogP contribution in [0.5, 0.6) is 0 Å². The summed E-state index contributed by atoms with van der Waals surface area (Å²) >= 11 is 0. The first-order chi connectivity index (χ1) is 28.1. The Morgan fingerprint density at radius 2 is 0.717 bits per heavy atom. The maximum absolute atomic E-state index is 11.3. The van der Waals surface area contributed by atoms with Crippen molar-refractivity contribution < 1.29 is 23.7 Å². The Balaban J connectivity index is 0. The van der Waals surface area contributed by atoms with Gasteiger partial charge < -0.3 is 23.7 Å². The molecule has 0 amide bonds. The summed E-state index contributed by atoms with van der Waals surface area (Å²) in [6.45, 7) is 52.1. The van der Waals surface area contributed by atoms with Gasteiger partial charge in [-0.05, 0) is 96.3 Å². The molecular formula is C54H109BN2O3. The average molecular weight is 845 g/mol. The van der Waals surface area contributed by atoms with Crippen LogP contribution < -0.4 is 10.0 Å². The molecule has 1 aromatic rings. The number of nitrogens with zero attached hydrogens (tertiary/aromatic N) is 2. The molecule has 1 aromatic carbocycles. The normalized spacial score (nSPS) is 13.1. The second kappa shape index (κ2) is 32.7. The van der Waals surface area contributed by atoms with Gasteiger partial charge in [-0.3, -0.25) is 0 Å². The van der Waals surface area contributed by atoms with E-state index in [1.807, 2.05) is 6.92 Å². The molecule has 0 spiro atoms. The molecule has 0 heterocycles. The van der Waals surface area contributed by atoms with Gasteiger partial charge in [0.25, 0.3) is 0 Å². The Bertz CT molecular complexity index is 1050. The van der Waals surface area contributed by atoms with Crippen molar-refractivity contribution in [2.24, 2.45) is 0 Å². The Hall–Kier alpha value is -0.915. The van der Waals surface area contributed by atoms with Gasteiger partial charge in [-0.25, -0.2) is 0 Å². The minimum atomic E-state index is -2.26. The lowest BCUT2D eigenvalue weighted by molar-refractivity contribution is -0.929. The van der Waals surface area contributed by atoms with E-state index in [2.05, 4.69) is 130 Å². The molecule has 0 aliphatic heterocycles. The maximum atomic E-state index is 11.3. The van der Waals surface area contributed by atoms with Gasteiger partial charge >= 0.3 is 0 Å². The van der Waals surface area contributed by atoms with Crippen molar-refractivity contribution in [1.82, 2.24) is 0 Å².